The van der Waals surface area contributed by atoms with Gasteiger partial charge in [-0.15, -0.1) is 0 Å². The molecule has 26 heavy (non-hydrogen) atoms. The van der Waals surface area contributed by atoms with Crippen LogP contribution in [-0.4, -0.2) is 47.7 Å². The van der Waals surface area contributed by atoms with Crippen molar-refractivity contribution in [2.45, 2.75) is 32.0 Å². The second kappa shape index (κ2) is 7.01. The van der Waals surface area contributed by atoms with Gasteiger partial charge in [-0.05, 0) is 26.0 Å². The SMILES string of the molecule is COc1cc2nc3occc3c(OC)c2cc1OCCC(O)C(C)(C)O. The van der Waals surface area contributed by atoms with E-state index in [2.05, 4.69) is 4.98 Å². The first kappa shape index (κ1) is 18.3. The van der Waals surface area contributed by atoms with Crippen molar-refractivity contribution in [3.8, 4) is 17.2 Å². The molecule has 2 N–H and O–H groups in total. The summed E-state index contributed by atoms with van der Waals surface area (Å²) in [5.41, 5.74) is -0.0416. The van der Waals surface area contributed by atoms with Gasteiger partial charge in [0.25, 0.3) is 0 Å². The number of pyridine rings is 1. The van der Waals surface area contributed by atoms with E-state index in [-0.39, 0.29) is 13.0 Å². The van der Waals surface area contributed by atoms with Crippen LogP contribution in [0, 0.1) is 0 Å². The fourth-order valence-electron chi connectivity index (χ4n) is 2.76. The van der Waals surface area contributed by atoms with E-state index in [0.29, 0.717) is 28.5 Å². The van der Waals surface area contributed by atoms with E-state index in [1.165, 1.54) is 0 Å². The molecule has 0 aliphatic rings. The van der Waals surface area contributed by atoms with Gasteiger partial charge in [-0.1, -0.05) is 0 Å². The van der Waals surface area contributed by atoms with Crippen molar-refractivity contribution in [2.24, 2.45) is 0 Å². The van der Waals surface area contributed by atoms with Gasteiger partial charge in [-0.25, -0.2) is 4.98 Å². The minimum absolute atomic E-state index is 0.219. The Balaban J connectivity index is 1.95. The van der Waals surface area contributed by atoms with Crippen LogP contribution in [0.25, 0.3) is 22.0 Å². The molecule has 140 valence electrons. The van der Waals surface area contributed by atoms with Crippen molar-refractivity contribution in [3.63, 3.8) is 0 Å². The Hall–Kier alpha value is -2.51. The molecule has 0 amide bonds. The Bertz CT molecular complexity index is 912. The van der Waals surface area contributed by atoms with Crippen LogP contribution in [0.3, 0.4) is 0 Å². The molecule has 0 saturated carbocycles. The van der Waals surface area contributed by atoms with E-state index < -0.39 is 11.7 Å². The Morgan fingerprint density at radius 1 is 1.15 bits per heavy atom. The van der Waals surface area contributed by atoms with Gasteiger partial charge in [0.15, 0.2) is 11.5 Å². The fourth-order valence-corrected chi connectivity index (χ4v) is 2.76. The molecule has 1 aromatic carbocycles. The number of rotatable bonds is 7. The van der Waals surface area contributed by atoms with E-state index in [4.69, 9.17) is 18.6 Å². The van der Waals surface area contributed by atoms with Gasteiger partial charge < -0.3 is 28.8 Å². The number of furan rings is 1. The van der Waals surface area contributed by atoms with Gasteiger partial charge >= 0.3 is 0 Å². The van der Waals surface area contributed by atoms with E-state index >= 15 is 0 Å². The molecule has 2 heterocycles. The molecule has 0 fully saturated rings. The quantitative estimate of drug-likeness (QED) is 0.668. The van der Waals surface area contributed by atoms with Gasteiger partial charge in [0, 0.05) is 17.9 Å². The number of ether oxygens (including phenoxy) is 3. The minimum atomic E-state index is -1.18. The molecule has 0 spiro atoms. The zero-order chi connectivity index (χ0) is 18.9. The number of aromatic nitrogens is 1. The number of benzene rings is 1. The highest BCUT2D eigenvalue weighted by Gasteiger charge is 2.24. The van der Waals surface area contributed by atoms with E-state index in [0.717, 1.165) is 10.8 Å². The predicted octanol–water partition coefficient (Wildman–Crippen LogP) is 2.90. The van der Waals surface area contributed by atoms with Crippen molar-refractivity contribution < 1.29 is 28.8 Å². The standard InChI is InChI=1S/C19H23NO6/c1-19(2,22)16(21)6-8-25-15-9-12-13(10-14(15)23-3)20-18-11(5-7-26-18)17(12)24-4/h5,7,9-10,16,21-22H,6,8H2,1-4H3. The molecule has 0 aliphatic heterocycles. The third kappa shape index (κ3) is 3.40. The highest BCUT2D eigenvalue weighted by molar-refractivity contribution is 6.00. The maximum atomic E-state index is 9.94. The number of hydrogen-bond donors (Lipinski definition) is 2. The molecule has 2 aromatic heterocycles. The summed E-state index contributed by atoms with van der Waals surface area (Å²) in [5.74, 6) is 1.66. The number of fused-ring (bicyclic) bond motifs is 2. The number of aliphatic hydroxyl groups is 2. The van der Waals surface area contributed by atoms with E-state index in [1.54, 1.807) is 52.5 Å². The summed E-state index contributed by atoms with van der Waals surface area (Å²) >= 11 is 0. The highest BCUT2D eigenvalue weighted by Crippen LogP contribution is 2.39. The average molecular weight is 361 g/mol. The summed E-state index contributed by atoms with van der Waals surface area (Å²) in [6.07, 6.45) is 0.947. The van der Waals surface area contributed by atoms with Crippen molar-refractivity contribution in [1.82, 2.24) is 4.98 Å². The summed E-state index contributed by atoms with van der Waals surface area (Å²) in [6, 6.07) is 5.34. The van der Waals surface area contributed by atoms with Crippen molar-refractivity contribution in [3.05, 3.63) is 24.5 Å². The first-order valence-corrected chi connectivity index (χ1v) is 8.31. The number of methoxy groups -OCH3 is 2. The van der Waals surface area contributed by atoms with Gasteiger partial charge in [0.05, 0.1) is 49.7 Å². The summed E-state index contributed by atoms with van der Waals surface area (Å²) in [4.78, 5) is 4.48. The van der Waals surface area contributed by atoms with Crippen LogP contribution in [0.1, 0.15) is 20.3 Å². The lowest BCUT2D eigenvalue weighted by Gasteiger charge is -2.24. The first-order valence-electron chi connectivity index (χ1n) is 8.31. The van der Waals surface area contributed by atoms with Crippen LogP contribution >= 0.6 is 0 Å². The topological polar surface area (TPSA) is 94.2 Å². The minimum Gasteiger partial charge on any atom is -0.495 e. The second-order valence-electron chi connectivity index (χ2n) is 6.61. The van der Waals surface area contributed by atoms with Gasteiger partial charge in [0.2, 0.25) is 5.71 Å². The highest BCUT2D eigenvalue weighted by atomic mass is 16.5. The Kier molecular flexibility index (Phi) is 4.93. The van der Waals surface area contributed by atoms with E-state index in [9.17, 15) is 10.2 Å². The van der Waals surface area contributed by atoms with Gasteiger partial charge in [-0.3, -0.25) is 0 Å². The molecule has 7 nitrogen and oxygen atoms in total. The van der Waals surface area contributed by atoms with Crippen molar-refractivity contribution in [1.29, 1.82) is 0 Å². The third-order valence-corrected chi connectivity index (χ3v) is 4.31. The molecule has 0 saturated heterocycles. The average Bonchev–Trinajstić information content (AvgIpc) is 3.06. The Labute approximate surface area is 151 Å². The van der Waals surface area contributed by atoms with Crippen molar-refractivity contribution in [2.75, 3.05) is 20.8 Å². The van der Waals surface area contributed by atoms with Gasteiger partial charge in [0.1, 0.15) is 5.75 Å². The van der Waals surface area contributed by atoms with Crippen molar-refractivity contribution >= 4 is 22.0 Å². The van der Waals surface area contributed by atoms with Crippen LogP contribution in [0.4, 0.5) is 0 Å². The summed E-state index contributed by atoms with van der Waals surface area (Å²) in [6.45, 7) is 3.33. The van der Waals surface area contributed by atoms with Crippen LogP contribution in [-0.2, 0) is 0 Å². The zero-order valence-electron chi connectivity index (χ0n) is 15.3. The largest absolute Gasteiger partial charge is 0.495 e. The predicted molar refractivity (Wildman–Crippen MR) is 97.0 cm³/mol. The molecule has 1 unspecified atom stereocenters. The van der Waals surface area contributed by atoms with Crippen LogP contribution < -0.4 is 14.2 Å². The maximum absolute atomic E-state index is 9.94. The molecule has 0 aliphatic carbocycles. The molecular weight excluding hydrogens is 338 g/mol. The first-order chi connectivity index (χ1) is 12.3. The number of aliphatic hydroxyl groups excluding tert-OH is 1. The monoisotopic (exact) mass is 361 g/mol. The molecular formula is C19H23NO6. The second-order valence-corrected chi connectivity index (χ2v) is 6.61. The summed E-state index contributed by atoms with van der Waals surface area (Å²) < 4.78 is 22.1. The van der Waals surface area contributed by atoms with Gasteiger partial charge in [-0.2, -0.15) is 0 Å². The summed E-state index contributed by atoms with van der Waals surface area (Å²) in [5, 5.41) is 21.3. The third-order valence-electron chi connectivity index (χ3n) is 4.31. The molecule has 3 rings (SSSR count). The Morgan fingerprint density at radius 2 is 1.92 bits per heavy atom. The molecule has 7 heteroatoms. The lowest BCUT2D eigenvalue weighted by atomic mass is 10.00. The normalized spacial score (nSPS) is 13.2. The van der Waals surface area contributed by atoms with Crippen LogP contribution in [0.5, 0.6) is 17.2 Å². The fraction of sp³-hybridized carbons (Fsp3) is 0.421. The zero-order valence-corrected chi connectivity index (χ0v) is 15.3. The Morgan fingerprint density at radius 3 is 2.58 bits per heavy atom. The lowest BCUT2D eigenvalue weighted by molar-refractivity contribution is -0.0557. The van der Waals surface area contributed by atoms with Crippen LogP contribution in [0.15, 0.2) is 28.9 Å². The van der Waals surface area contributed by atoms with E-state index in [1.807, 2.05) is 0 Å². The maximum Gasteiger partial charge on any atom is 0.230 e. The number of nitrogens with zero attached hydrogens (tertiary/aromatic N) is 1. The summed E-state index contributed by atoms with van der Waals surface area (Å²) in [7, 11) is 3.13. The number of hydrogen-bond acceptors (Lipinski definition) is 7. The molecule has 0 radical (unpaired) electrons. The smallest absolute Gasteiger partial charge is 0.230 e. The molecule has 0 bridgehead atoms. The lowest BCUT2D eigenvalue weighted by Crippen LogP contribution is -2.36. The molecule has 3 aromatic rings. The molecule has 1 atom stereocenters. The van der Waals surface area contributed by atoms with Crippen LogP contribution in [0.2, 0.25) is 0 Å².